The largest absolute Gasteiger partial charge is 0.307 e. The Morgan fingerprint density at radius 1 is 1.41 bits per heavy atom. The maximum absolute atomic E-state index is 12.2. The summed E-state index contributed by atoms with van der Waals surface area (Å²) in [6.07, 6.45) is 1.58. The molecule has 0 fully saturated rings. The molecule has 0 atom stereocenters. The van der Waals surface area contributed by atoms with Crippen molar-refractivity contribution in [3.8, 4) is 0 Å². The first-order chi connectivity index (χ1) is 8.22. The Kier molecular flexibility index (Phi) is 3.23. The number of carbonyl (C=O) groups excluding carboxylic acids is 1. The molecule has 1 aromatic heterocycles. The van der Waals surface area contributed by atoms with Crippen LogP contribution in [-0.4, -0.2) is 22.6 Å². The van der Waals surface area contributed by atoms with E-state index in [1.807, 2.05) is 38.1 Å². The van der Waals surface area contributed by atoms with E-state index in [2.05, 4.69) is 10.2 Å². The maximum atomic E-state index is 12.2. The molecule has 2 aromatic rings. The van der Waals surface area contributed by atoms with Crippen LogP contribution in [0.15, 0.2) is 36.5 Å². The number of hydrogen-bond acceptors (Lipinski definition) is 2. The van der Waals surface area contributed by atoms with Crippen molar-refractivity contribution in [1.29, 1.82) is 0 Å². The van der Waals surface area contributed by atoms with E-state index >= 15 is 0 Å². The van der Waals surface area contributed by atoms with Crippen LogP contribution < -0.4 is 4.90 Å². The van der Waals surface area contributed by atoms with Crippen molar-refractivity contribution < 1.29 is 4.79 Å². The number of aromatic nitrogens is 2. The summed E-state index contributed by atoms with van der Waals surface area (Å²) in [7, 11) is 0. The van der Waals surface area contributed by atoms with E-state index in [0.29, 0.717) is 12.2 Å². The lowest BCUT2D eigenvalue weighted by molar-refractivity contribution is 0.0983. The topological polar surface area (TPSA) is 49.0 Å². The minimum atomic E-state index is -0.0596. The van der Waals surface area contributed by atoms with E-state index in [-0.39, 0.29) is 5.91 Å². The zero-order valence-electron chi connectivity index (χ0n) is 9.97. The van der Waals surface area contributed by atoms with Gasteiger partial charge in [-0.1, -0.05) is 12.1 Å². The van der Waals surface area contributed by atoms with Gasteiger partial charge in [0.05, 0.1) is 0 Å². The van der Waals surface area contributed by atoms with Crippen LogP contribution in [0.25, 0.3) is 0 Å². The van der Waals surface area contributed by atoms with Crippen LogP contribution >= 0.6 is 0 Å². The number of H-pyrrole nitrogens is 1. The van der Waals surface area contributed by atoms with E-state index in [0.717, 1.165) is 11.3 Å². The number of amides is 1. The normalized spacial score (nSPS) is 10.2. The van der Waals surface area contributed by atoms with E-state index in [9.17, 15) is 4.79 Å². The molecule has 4 nitrogen and oxygen atoms in total. The SMILES string of the molecule is CCN(C(=O)c1ccn[nH]1)c1cccc(C)c1. The fourth-order valence-electron chi connectivity index (χ4n) is 1.76. The van der Waals surface area contributed by atoms with Crippen LogP contribution in [0, 0.1) is 6.92 Å². The van der Waals surface area contributed by atoms with Gasteiger partial charge in [-0.25, -0.2) is 0 Å². The summed E-state index contributed by atoms with van der Waals surface area (Å²) in [6.45, 7) is 4.59. The molecule has 0 aliphatic carbocycles. The third-order valence-electron chi connectivity index (χ3n) is 2.61. The Balaban J connectivity index is 2.31. The maximum Gasteiger partial charge on any atom is 0.276 e. The van der Waals surface area contributed by atoms with Gasteiger partial charge in [0.25, 0.3) is 5.91 Å². The van der Waals surface area contributed by atoms with Crippen molar-refractivity contribution in [1.82, 2.24) is 10.2 Å². The number of nitrogens with one attached hydrogen (secondary N) is 1. The minimum absolute atomic E-state index is 0.0596. The summed E-state index contributed by atoms with van der Waals surface area (Å²) < 4.78 is 0. The fourth-order valence-corrected chi connectivity index (χ4v) is 1.76. The molecule has 1 amide bonds. The monoisotopic (exact) mass is 229 g/mol. The summed E-state index contributed by atoms with van der Waals surface area (Å²) >= 11 is 0. The van der Waals surface area contributed by atoms with Crippen molar-refractivity contribution in [3.63, 3.8) is 0 Å². The van der Waals surface area contributed by atoms with E-state index in [4.69, 9.17) is 0 Å². The van der Waals surface area contributed by atoms with Gasteiger partial charge in [0.1, 0.15) is 5.69 Å². The third kappa shape index (κ3) is 2.36. The number of aryl methyl sites for hydroxylation is 1. The lowest BCUT2D eigenvalue weighted by Crippen LogP contribution is -2.30. The summed E-state index contributed by atoms with van der Waals surface area (Å²) in [5.74, 6) is -0.0596. The van der Waals surface area contributed by atoms with Crippen molar-refractivity contribution in [3.05, 3.63) is 47.8 Å². The first-order valence-corrected chi connectivity index (χ1v) is 5.60. The van der Waals surface area contributed by atoms with Crippen LogP contribution in [0.2, 0.25) is 0 Å². The van der Waals surface area contributed by atoms with Gasteiger partial charge in [-0.15, -0.1) is 0 Å². The van der Waals surface area contributed by atoms with Crippen molar-refractivity contribution >= 4 is 11.6 Å². The van der Waals surface area contributed by atoms with Crippen LogP contribution in [0.1, 0.15) is 23.0 Å². The molecule has 0 spiro atoms. The van der Waals surface area contributed by atoms with Crippen molar-refractivity contribution in [2.24, 2.45) is 0 Å². The van der Waals surface area contributed by atoms with Gasteiger partial charge in [0, 0.05) is 18.4 Å². The zero-order valence-corrected chi connectivity index (χ0v) is 9.97. The molecule has 4 heteroatoms. The molecule has 0 saturated heterocycles. The summed E-state index contributed by atoms with van der Waals surface area (Å²) in [4.78, 5) is 13.9. The predicted octanol–water partition coefficient (Wildman–Crippen LogP) is 2.38. The third-order valence-corrected chi connectivity index (χ3v) is 2.61. The Morgan fingerprint density at radius 3 is 2.82 bits per heavy atom. The van der Waals surface area contributed by atoms with Crippen LogP contribution in [0.3, 0.4) is 0 Å². The lowest BCUT2D eigenvalue weighted by Gasteiger charge is -2.20. The molecule has 0 aliphatic rings. The predicted molar refractivity (Wildman–Crippen MR) is 67.1 cm³/mol. The van der Waals surface area contributed by atoms with Crippen LogP contribution in [-0.2, 0) is 0 Å². The molecule has 1 heterocycles. The Labute approximate surface area is 100 Å². The van der Waals surface area contributed by atoms with E-state index < -0.39 is 0 Å². The summed E-state index contributed by atoms with van der Waals surface area (Å²) in [5, 5.41) is 6.49. The second-order valence-corrected chi connectivity index (χ2v) is 3.86. The Bertz CT molecular complexity index is 505. The molecular weight excluding hydrogens is 214 g/mol. The van der Waals surface area contributed by atoms with Gasteiger partial charge in [-0.05, 0) is 37.6 Å². The molecular formula is C13H15N3O. The highest BCUT2D eigenvalue weighted by Gasteiger charge is 2.16. The molecule has 17 heavy (non-hydrogen) atoms. The number of aromatic amines is 1. The van der Waals surface area contributed by atoms with Crippen LogP contribution in [0.4, 0.5) is 5.69 Å². The number of nitrogens with zero attached hydrogens (tertiary/aromatic N) is 2. The highest BCUT2D eigenvalue weighted by atomic mass is 16.2. The number of benzene rings is 1. The summed E-state index contributed by atoms with van der Waals surface area (Å²) in [5.41, 5.74) is 2.55. The zero-order chi connectivity index (χ0) is 12.3. The molecule has 0 unspecified atom stereocenters. The lowest BCUT2D eigenvalue weighted by atomic mass is 10.2. The first kappa shape index (κ1) is 11.4. The number of rotatable bonds is 3. The second kappa shape index (κ2) is 4.82. The minimum Gasteiger partial charge on any atom is -0.307 e. The fraction of sp³-hybridized carbons (Fsp3) is 0.231. The molecule has 0 aliphatic heterocycles. The van der Waals surface area contributed by atoms with Gasteiger partial charge in [0.2, 0.25) is 0 Å². The molecule has 88 valence electrons. The van der Waals surface area contributed by atoms with Gasteiger partial charge < -0.3 is 4.90 Å². The van der Waals surface area contributed by atoms with Gasteiger partial charge in [0.15, 0.2) is 0 Å². The molecule has 0 bridgehead atoms. The molecule has 0 radical (unpaired) electrons. The van der Waals surface area contributed by atoms with E-state index in [1.54, 1.807) is 17.2 Å². The Morgan fingerprint density at radius 2 is 2.24 bits per heavy atom. The highest BCUT2D eigenvalue weighted by Crippen LogP contribution is 2.17. The number of carbonyl (C=O) groups is 1. The average Bonchev–Trinajstić information content (AvgIpc) is 2.83. The number of anilines is 1. The van der Waals surface area contributed by atoms with E-state index in [1.165, 1.54) is 0 Å². The highest BCUT2D eigenvalue weighted by molar-refractivity contribution is 6.04. The molecule has 2 rings (SSSR count). The average molecular weight is 229 g/mol. The second-order valence-electron chi connectivity index (χ2n) is 3.86. The molecule has 0 saturated carbocycles. The summed E-state index contributed by atoms with van der Waals surface area (Å²) in [6, 6.07) is 9.58. The smallest absolute Gasteiger partial charge is 0.276 e. The van der Waals surface area contributed by atoms with Crippen LogP contribution in [0.5, 0.6) is 0 Å². The molecule has 1 N–H and O–H groups in total. The quantitative estimate of drug-likeness (QED) is 0.878. The Hall–Kier alpha value is -2.10. The number of hydrogen-bond donors (Lipinski definition) is 1. The van der Waals surface area contributed by atoms with Crippen molar-refractivity contribution in [2.75, 3.05) is 11.4 Å². The van der Waals surface area contributed by atoms with Crippen molar-refractivity contribution in [2.45, 2.75) is 13.8 Å². The van der Waals surface area contributed by atoms with Gasteiger partial charge in [-0.3, -0.25) is 9.89 Å². The first-order valence-electron chi connectivity index (χ1n) is 5.60. The van der Waals surface area contributed by atoms with Gasteiger partial charge in [-0.2, -0.15) is 5.10 Å². The van der Waals surface area contributed by atoms with Gasteiger partial charge >= 0.3 is 0 Å². The molecule has 1 aromatic carbocycles. The standard InChI is InChI=1S/C13H15N3O/c1-3-16(11-6-4-5-10(2)9-11)13(17)12-7-8-14-15-12/h4-9H,3H2,1-2H3,(H,14,15).